The van der Waals surface area contributed by atoms with Crippen LogP contribution in [0.25, 0.3) is 23.0 Å². The topological polar surface area (TPSA) is 86.4 Å². The van der Waals surface area contributed by atoms with Crippen LogP contribution in [0.4, 0.5) is 0 Å². The van der Waals surface area contributed by atoms with Crippen molar-refractivity contribution in [3.63, 3.8) is 0 Å². The Morgan fingerprint density at radius 2 is 1.75 bits per heavy atom. The van der Waals surface area contributed by atoms with Gasteiger partial charge in [0, 0.05) is 23.4 Å². The van der Waals surface area contributed by atoms with Gasteiger partial charge >= 0.3 is 5.97 Å². The van der Waals surface area contributed by atoms with Gasteiger partial charge < -0.3 is 14.5 Å². The van der Waals surface area contributed by atoms with Crippen LogP contribution in [0.5, 0.6) is 0 Å². The van der Waals surface area contributed by atoms with E-state index in [4.69, 9.17) is 14.3 Å². The van der Waals surface area contributed by atoms with Gasteiger partial charge in [0.05, 0.1) is 24.2 Å². The first-order chi connectivity index (χ1) is 15.7. The molecule has 0 spiro atoms. The minimum Gasteiger partial charge on any atom is -0.467 e. The highest BCUT2D eigenvalue weighted by Gasteiger charge is 2.11. The molecule has 0 fully saturated rings. The number of hydrogen-bond acceptors (Lipinski definition) is 5. The highest BCUT2D eigenvalue weighted by molar-refractivity contribution is 5.90. The number of carbonyl (C=O) groups excluding carboxylic acids is 2. The molecule has 1 amide bonds. The van der Waals surface area contributed by atoms with Crippen LogP contribution in [0.15, 0.2) is 95.7 Å². The van der Waals surface area contributed by atoms with Crippen molar-refractivity contribution in [2.45, 2.75) is 6.54 Å². The molecule has 0 aliphatic heterocycles. The van der Waals surface area contributed by atoms with Crippen molar-refractivity contribution in [1.82, 2.24) is 15.1 Å². The SMILES string of the molecule is O=C(COC(=O)/C=C/c1cn(-c2ccccc2)nc1-c1ccccc1)NCc1ccco1. The van der Waals surface area contributed by atoms with Gasteiger partial charge in [-0.2, -0.15) is 5.10 Å². The number of ether oxygens (including phenoxy) is 1. The van der Waals surface area contributed by atoms with Gasteiger partial charge in [0.2, 0.25) is 0 Å². The Labute approximate surface area is 184 Å². The van der Waals surface area contributed by atoms with Gasteiger partial charge in [-0.25, -0.2) is 9.48 Å². The van der Waals surface area contributed by atoms with Crippen LogP contribution in [0.3, 0.4) is 0 Å². The lowest BCUT2D eigenvalue weighted by molar-refractivity contribution is -0.143. The third-order valence-electron chi connectivity index (χ3n) is 4.59. The van der Waals surface area contributed by atoms with Gasteiger partial charge in [0.15, 0.2) is 6.61 Å². The summed E-state index contributed by atoms with van der Waals surface area (Å²) in [5.41, 5.74) is 3.31. The fraction of sp³-hybridized carbons (Fsp3) is 0.0800. The number of benzene rings is 2. The van der Waals surface area contributed by atoms with Crippen molar-refractivity contribution in [3.05, 3.63) is 103 Å². The monoisotopic (exact) mass is 427 g/mol. The second kappa shape index (κ2) is 10.1. The highest BCUT2D eigenvalue weighted by Crippen LogP contribution is 2.24. The van der Waals surface area contributed by atoms with E-state index in [0.29, 0.717) is 5.76 Å². The molecule has 0 aliphatic carbocycles. The zero-order valence-corrected chi connectivity index (χ0v) is 17.2. The third kappa shape index (κ3) is 5.40. The van der Waals surface area contributed by atoms with E-state index in [2.05, 4.69) is 5.32 Å². The number of furan rings is 1. The van der Waals surface area contributed by atoms with E-state index in [1.165, 1.54) is 12.3 Å². The zero-order valence-electron chi connectivity index (χ0n) is 17.2. The number of carbonyl (C=O) groups is 2. The van der Waals surface area contributed by atoms with Crippen molar-refractivity contribution in [3.8, 4) is 16.9 Å². The Morgan fingerprint density at radius 1 is 1.00 bits per heavy atom. The average molecular weight is 427 g/mol. The number of nitrogens with zero attached hydrogens (tertiary/aromatic N) is 2. The fourth-order valence-corrected chi connectivity index (χ4v) is 3.04. The lowest BCUT2D eigenvalue weighted by atomic mass is 10.1. The molecule has 4 rings (SSSR count). The summed E-state index contributed by atoms with van der Waals surface area (Å²) in [6, 6.07) is 22.9. The molecule has 0 aliphatic rings. The average Bonchev–Trinajstić information content (AvgIpc) is 3.51. The maximum Gasteiger partial charge on any atom is 0.331 e. The molecule has 2 aromatic carbocycles. The van der Waals surface area contributed by atoms with Gasteiger partial charge in [-0.3, -0.25) is 4.79 Å². The molecule has 0 unspecified atom stereocenters. The second-order valence-electron chi connectivity index (χ2n) is 6.88. The fourth-order valence-electron chi connectivity index (χ4n) is 3.04. The summed E-state index contributed by atoms with van der Waals surface area (Å²) < 4.78 is 11.9. The molecule has 0 radical (unpaired) electrons. The van der Waals surface area contributed by atoms with Crippen LogP contribution in [0, 0.1) is 0 Å². The molecule has 160 valence electrons. The molecule has 0 saturated heterocycles. The number of aromatic nitrogens is 2. The summed E-state index contributed by atoms with van der Waals surface area (Å²) in [6.45, 7) is -0.142. The van der Waals surface area contributed by atoms with E-state index in [-0.39, 0.29) is 13.2 Å². The van der Waals surface area contributed by atoms with Crippen LogP contribution in [-0.4, -0.2) is 28.3 Å². The summed E-state index contributed by atoms with van der Waals surface area (Å²) in [5.74, 6) is -0.414. The summed E-state index contributed by atoms with van der Waals surface area (Å²) in [5, 5.41) is 7.31. The van der Waals surface area contributed by atoms with Crippen LogP contribution in [-0.2, 0) is 20.9 Å². The maximum absolute atomic E-state index is 12.1. The van der Waals surface area contributed by atoms with Gasteiger partial charge in [0.25, 0.3) is 5.91 Å². The molecule has 1 N–H and O–H groups in total. The number of hydrogen-bond donors (Lipinski definition) is 1. The van der Waals surface area contributed by atoms with Gasteiger partial charge in [0.1, 0.15) is 5.76 Å². The molecule has 32 heavy (non-hydrogen) atoms. The van der Waals surface area contributed by atoms with E-state index in [1.807, 2.05) is 66.9 Å². The first-order valence-corrected chi connectivity index (χ1v) is 10.0. The Kier molecular flexibility index (Phi) is 6.57. The predicted molar refractivity (Wildman–Crippen MR) is 120 cm³/mol. The smallest absolute Gasteiger partial charge is 0.331 e. The van der Waals surface area contributed by atoms with Crippen LogP contribution < -0.4 is 5.32 Å². The van der Waals surface area contributed by atoms with Crippen molar-refractivity contribution in [2.24, 2.45) is 0 Å². The summed E-state index contributed by atoms with van der Waals surface area (Å²) >= 11 is 0. The third-order valence-corrected chi connectivity index (χ3v) is 4.59. The van der Waals surface area contributed by atoms with Crippen molar-refractivity contribution >= 4 is 18.0 Å². The maximum atomic E-state index is 12.1. The van der Waals surface area contributed by atoms with Crippen molar-refractivity contribution in [1.29, 1.82) is 0 Å². The Morgan fingerprint density at radius 3 is 2.47 bits per heavy atom. The number of amides is 1. The lowest BCUT2D eigenvalue weighted by Gasteiger charge is -2.03. The molecule has 4 aromatic rings. The first-order valence-electron chi connectivity index (χ1n) is 10.0. The van der Waals surface area contributed by atoms with Crippen LogP contribution >= 0.6 is 0 Å². The second-order valence-corrected chi connectivity index (χ2v) is 6.88. The molecule has 7 heteroatoms. The van der Waals surface area contributed by atoms with E-state index in [0.717, 1.165) is 22.5 Å². The standard InChI is InChI=1S/C25H21N3O4/c29-23(26-16-22-12-7-15-31-22)18-32-24(30)14-13-20-17-28(21-10-5-2-6-11-21)27-25(20)19-8-3-1-4-9-19/h1-15,17H,16,18H2,(H,26,29)/b14-13+. The van der Waals surface area contributed by atoms with E-state index in [1.54, 1.807) is 22.9 Å². The Bertz CT molecular complexity index is 1200. The molecule has 2 aromatic heterocycles. The van der Waals surface area contributed by atoms with Crippen molar-refractivity contribution in [2.75, 3.05) is 6.61 Å². The number of rotatable bonds is 8. The molecular formula is C25H21N3O4. The zero-order chi connectivity index (χ0) is 22.2. The van der Waals surface area contributed by atoms with E-state index < -0.39 is 11.9 Å². The van der Waals surface area contributed by atoms with Crippen LogP contribution in [0.2, 0.25) is 0 Å². The van der Waals surface area contributed by atoms with E-state index >= 15 is 0 Å². The Balaban J connectivity index is 1.43. The largest absolute Gasteiger partial charge is 0.467 e. The number of nitrogens with one attached hydrogen (secondary N) is 1. The minimum absolute atomic E-state index is 0.234. The minimum atomic E-state index is -0.621. The summed E-state index contributed by atoms with van der Waals surface area (Å²) in [7, 11) is 0. The van der Waals surface area contributed by atoms with Gasteiger partial charge in [-0.15, -0.1) is 0 Å². The highest BCUT2D eigenvalue weighted by atomic mass is 16.5. The van der Waals surface area contributed by atoms with Gasteiger partial charge in [-0.1, -0.05) is 48.5 Å². The quantitative estimate of drug-likeness (QED) is 0.339. The number of esters is 1. The van der Waals surface area contributed by atoms with Crippen LogP contribution in [0.1, 0.15) is 11.3 Å². The normalized spacial score (nSPS) is 10.9. The number of para-hydroxylation sites is 1. The molecule has 0 atom stereocenters. The van der Waals surface area contributed by atoms with Crippen molar-refractivity contribution < 1.29 is 18.7 Å². The molecule has 2 heterocycles. The van der Waals surface area contributed by atoms with E-state index in [9.17, 15) is 9.59 Å². The summed E-state index contributed by atoms with van der Waals surface area (Å²) in [4.78, 5) is 24.0. The lowest BCUT2D eigenvalue weighted by Crippen LogP contribution is -2.27. The Hall–Kier alpha value is -4.39. The molecular weight excluding hydrogens is 406 g/mol. The molecule has 7 nitrogen and oxygen atoms in total. The molecule has 0 bridgehead atoms. The first kappa shape index (κ1) is 20.9. The summed E-state index contributed by atoms with van der Waals surface area (Å²) in [6.07, 6.45) is 6.30. The molecule has 0 saturated carbocycles. The van der Waals surface area contributed by atoms with Gasteiger partial charge in [-0.05, 0) is 30.3 Å². The predicted octanol–water partition coefficient (Wildman–Crippen LogP) is 4.01.